The van der Waals surface area contributed by atoms with E-state index in [4.69, 9.17) is 4.74 Å². The van der Waals surface area contributed by atoms with Gasteiger partial charge >= 0.3 is 0 Å². The summed E-state index contributed by atoms with van der Waals surface area (Å²) in [7, 11) is 1.52. The highest BCUT2D eigenvalue weighted by atomic mass is 19.2. The average Bonchev–Trinajstić information content (AvgIpc) is 2.54. The van der Waals surface area contributed by atoms with Crippen LogP contribution in [0.5, 0.6) is 5.75 Å². The Morgan fingerprint density at radius 2 is 2.00 bits per heavy atom. The van der Waals surface area contributed by atoms with Gasteiger partial charge in [0, 0.05) is 12.6 Å². The first-order valence-electron chi connectivity index (χ1n) is 6.59. The number of ether oxygens (including phenoxy) is 1. The second-order valence-corrected chi connectivity index (χ2v) is 4.61. The SMILES string of the molecule is CNC(=O)c1cccc(OCC(O)c2ccc(F)c(F)c2)c1. The van der Waals surface area contributed by atoms with Gasteiger partial charge in [0.25, 0.3) is 5.91 Å². The van der Waals surface area contributed by atoms with Crippen molar-refractivity contribution in [2.75, 3.05) is 13.7 Å². The lowest BCUT2D eigenvalue weighted by Crippen LogP contribution is -2.17. The van der Waals surface area contributed by atoms with E-state index in [2.05, 4.69) is 5.32 Å². The van der Waals surface area contributed by atoms with Crippen molar-refractivity contribution in [2.24, 2.45) is 0 Å². The molecular formula is C16H15F2NO3. The van der Waals surface area contributed by atoms with Crippen molar-refractivity contribution in [3.63, 3.8) is 0 Å². The first-order chi connectivity index (χ1) is 10.5. The lowest BCUT2D eigenvalue weighted by molar-refractivity contribution is 0.0961. The Bertz CT molecular complexity index is 676. The van der Waals surface area contributed by atoms with Crippen LogP contribution in [0.25, 0.3) is 0 Å². The standard InChI is InChI=1S/C16H15F2NO3/c1-19-16(21)11-3-2-4-12(7-11)22-9-15(20)10-5-6-13(17)14(18)8-10/h2-8,15,20H,9H2,1H3,(H,19,21). The highest BCUT2D eigenvalue weighted by molar-refractivity contribution is 5.94. The monoisotopic (exact) mass is 307 g/mol. The van der Waals surface area contributed by atoms with Gasteiger partial charge in [0.2, 0.25) is 0 Å². The molecule has 1 unspecified atom stereocenters. The van der Waals surface area contributed by atoms with Crippen molar-refractivity contribution in [1.29, 1.82) is 0 Å². The smallest absolute Gasteiger partial charge is 0.251 e. The van der Waals surface area contributed by atoms with Crippen molar-refractivity contribution >= 4 is 5.91 Å². The molecule has 0 bridgehead atoms. The molecular weight excluding hydrogens is 292 g/mol. The molecule has 1 atom stereocenters. The topological polar surface area (TPSA) is 58.6 Å². The van der Waals surface area contributed by atoms with Gasteiger partial charge in [-0.1, -0.05) is 12.1 Å². The Kier molecular flexibility index (Phi) is 5.06. The normalized spacial score (nSPS) is 11.8. The number of benzene rings is 2. The molecule has 0 aliphatic carbocycles. The zero-order chi connectivity index (χ0) is 16.1. The molecule has 0 spiro atoms. The van der Waals surface area contributed by atoms with Crippen LogP contribution in [-0.4, -0.2) is 24.7 Å². The summed E-state index contributed by atoms with van der Waals surface area (Å²) in [5.41, 5.74) is 0.628. The Morgan fingerprint density at radius 1 is 1.23 bits per heavy atom. The lowest BCUT2D eigenvalue weighted by atomic mass is 10.1. The zero-order valence-electron chi connectivity index (χ0n) is 11.8. The molecule has 6 heteroatoms. The maximum Gasteiger partial charge on any atom is 0.251 e. The average molecular weight is 307 g/mol. The molecule has 0 aliphatic heterocycles. The summed E-state index contributed by atoms with van der Waals surface area (Å²) in [6.45, 7) is -0.151. The molecule has 0 aliphatic rings. The summed E-state index contributed by atoms with van der Waals surface area (Å²) < 4.78 is 31.3. The van der Waals surface area contributed by atoms with E-state index in [1.165, 1.54) is 19.2 Å². The number of aliphatic hydroxyl groups is 1. The van der Waals surface area contributed by atoms with E-state index in [0.717, 1.165) is 12.1 Å². The molecule has 1 amide bonds. The lowest BCUT2D eigenvalue weighted by Gasteiger charge is -2.13. The maximum atomic E-state index is 13.1. The number of hydrogen-bond donors (Lipinski definition) is 2. The minimum Gasteiger partial charge on any atom is -0.491 e. The largest absolute Gasteiger partial charge is 0.491 e. The number of amides is 1. The molecule has 4 nitrogen and oxygen atoms in total. The molecule has 0 fully saturated rings. The van der Waals surface area contributed by atoms with Crippen LogP contribution in [0.3, 0.4) is 0 Å². The first kappa shape index (κ1) is 15.9. The molecule has 0 radical (unpaired) electrons. The summed E-state index contributed by atoms with van der Waals surface area (Å²) in [6, 6.07) is 9.57. The number of nitrogens with one attached hydrogen (secondary N) is 1. The van der Waals surface area contributed by atoms with E-state index < -0.39 is 17.7 Å². The van der Waals surface area contributed by atoms with E-state index in [1.54, 1.807) is 18.2 Å². The van der Waals surface area contributed by atoms with Crippen LogP contribution in [0, 0.1) is 11.6 Å². The third-order valence-electron chi connectivity index (χ3n) is 3.06. The number of hydrogen-bond acceptors (Lipinski definition) is 3. The van der Waals surface area contributed by atoms with Crippen molar-refractivity contribution in [3.8, 4) is 5.75 Å². The van der Waals surface area contributed by atoms with Gasteiger partial charge in [-0.2, -0.15) is 0 Å². The summed E-state index contributed by atoms with van der Waals surface area (Å²) in [6.07, 6.45) is -1.11. The third-order valence-corrected chi connectivity index (χ3v) is 3.06. The molecule has 0 heterocycles. The Balaban J connectivity index is 2.03. The highest BCUT2D eigenvalue weighted by Crippen LogP contribution is 2.19. The van der Waals surface area contributed by atoms with E-state index in [0.29, 0.717) is 11.3 Å². The number of rotatable bonds is 5. The fourth-order valence-electron chi connectivity index (χ4n) is 1.86. The fraction of sp³-hybridized carbons (Fsp3) is 0.188. The first-order valence-corrected chi connectivity index (χ1v) is 6.59. The van der Waals surface area contributed by atoms with Gasteiger partial charge in [0.1, 0.15) is 18.5 Å². The van der Waals surface area contributed by atoms with Gasteiger partial charge < -0.3 is 15.2 Å². The molecule has 22 heavy (non-hydrogen) atoms. The molecule has 2 rings (SSSR count). The van der Waals surface area contributed by atoms with Gasteiger partial charge in [-0.25, -0.2) is 8.78 Å². The summed E-state index contributed by atoms with van der Waals surface area (Å²) >= 11 is 0. The third kappa shape index (κ3) is 3.79. The molecule has 116 valence electrons. The van der Waals surface area contributed by atoms with Crippen LogP contribution >= 0.6 is 0 Å². The zero-order valence-corrected chi connectivity index (χ0v) is 11.8. The Hall–Kier alpha value is -2.47. The molecule has 0 saturated carbocycles. The number of halogens is 2. The summed E-state index contributed by atoms with van der Waals surface area (Å²) in [5.74, 6) is -1.87. The van der Waals surface area contributed by atoms with E-state index in [1.807, 2.05) is 0 Å². The van der Waals surface area contributed by atoms with Crippen molar-refractivity contribution in [2.45, 2.75) is 6.10 Å². The highest BCUT2D eigenvalue weighted by Gasteiger charge is 2.12. The van der Waals surface area contributed by atoms with E-state index >= 15 is 0 Å². The predicted molar refractivity (Wildman–Crippen MR) is 76.6 cm³/mol. The van der Waals surface area contributed by atoms with Crippen LogP contribution < -0.4 is 10.1 Å². The van der Waals surface area contributed by atoms with Gasteiger partial charge in [-0.15, -0.1) is 0 Å². The van der Waals surface area contributed by atoms with Crippen molar-refractivity contribution in [1.82, 2.24) is 5.32 Å². The van der Waals surface area contributed by atoms with Gasteiger partial charge in [0.15, 0.2) is 11.6 Å². The minimum absolute atomic E-state index is 0.151. The summed E-state index contributed by atoms with van der Waals surface area (Å²) in [5, 5.41) is 12.4. The Labute approximate surface area is 126 Å². The number of carbonyl (C=O) groups excluding carboxylic acids is 1. The van der Waals surface area contributed by atoms with Gasteiger partial charge in [0.05, 0.1) is 0 Å². The van der Waals surface area contributed by atoms with Crippen LogP contribution in [-0.2, 0) is 0 Å². The Morgan fingerprint density at radius 3 is 2.68 bits per heavy atom. The van der Waals surface area contributed by atoms with Crippen LogP contribution in [0.4, 0.5) is 8.78 Å². The van der Waals surface area contributed by atoms with Crippen LogP contribution in [0.2, 0.25) is 0 Å². The van der Waals surface area contributed by atoms with Crippen molar-refractivity contribution < 1.29 is 23.4 Å². The second kappa shape index (κ2) is 7.00. The fourth-order valence-corrected chi connectivity index (χ4v) is 1.86. The number of aliphatic hydroxyl groups excluding tert-OH is 1. The van der Waals surface area contributed by atoms with E-state index in [9.17, 15) is 18.7 Å². The molecule has 2 aromatic rings. The number of carbonyl (C=O) groups is 1. The quantitative estimate of drug-likeness (QED) is 0.892. The van der Waals surface area contributed by atoms with Crippen LogP contribution in [0.15, 0.2) is 42.5 Å². The predicted octanol–water partition coefficient (Wildman–Crippen LogP) is 2.44. The van der Waals surface area contributed by atoms with Gasteiger partial charge in [-0.05, 0) is 35.9 Å². The molecule has 2 N–H and O–H groups in total. The van der Waals surface area contributed by atoms with Crippen LogP contribution in [0.1, 0.15) is 22.0 Å². The molecule has 2 aromatic carbocycles. The van der Waals surface area contributed by atoms with E-state index in [-0.39, 0.29) is 18.1 Å². The maximum absolute atomic E-state index is 13.1. The second-order valence-electron chi connectivity index (χ2n) is 4.61. The van der Waals surface area contributed by atoms with Gasteiger partial charge in [-0.3, -0.25) is 4.79 Å². The minimum atomic E-state index is -1.11. The summed E-state index contributed by atoms with van der Waals surface area (Å²) in [4.78, 5) is 11.5. The molecule has 0 aromatic heterocycles. The van der Waals surface area contributed by atoms with Crippen molar-refractivity contribution in [3.05, 3.63) is 65.2 Å². The molecule has 0 saturated heterocycles.